The van der Waals surface area contributed by atoms with Gasteiger partial charge in [-0.15, -0.1) is 0 Å². The van der Waals surface area contributed by atoms with Gasteiger partial charge in [0.15, 0.2) is 5.16 Å². The number of aromatic nitrogens is 2. The number of nitrogens with zero attached hydrogens (tertiary/aromatic N) is 2. The second-order valence-corrected chi connectivity index (χ2v) is 6.37. The molecule has 2 heterocycles. The van der Waals surface area contributed by atoms with Crippen LogP contribution in [0.2, 0.25) is 0 Å². The van der Waals surface area contributed by atoms with E-state index in [9.17, 15) is 14.4 Å². The monoisotopic (exact) mass is 388 g/mol. The van der Waals surface area contributed by atoms with Gasteiger partial charge in [0, 0.05) is 0 Å². The van der Waals surface area contributed by atoms with Gasteiger partial charge in [-0.1, -0.05) is 23.9 Å². The number of carbonyl (C=O) groups is 2. The van der Waals surface area contributed by atoms with Crippen LogP contribution in [0.1, 0.15) is 16.3 Å². The fraction of sp³-hybridized carbons (Fsp3) is 0.222. The number of hydrogen-bond acceptors (Lipinski definition) is 8. The molecule has 0 aliphatic carbocycles. The van der Waals surface area contributed by atoms with Crippen molar-refractivity contribution in [1.82, 2.24) is 9.55 Å². The van der Waals surface area contributed by atoms with Crippen LogP contribution in [-0.4, -0.2) is 35.7 Å². The Hall–Kier alpha value is -3.07. The highest BCUT2D eigenvalue weighted by Gasteiger charge is 2.16. The number of hydrogen-bond donors (Lipinski definition) is 0. The normalized spacial score (nSPS) is 10.7. The number of rotatable bonds is 6. The maximum Gasteiger partial charge on any atom is 0.373 e. The average molecular weight is 388 g/mol. The molecule has 9 heteroatoms. The molecule has 8 nitrogen and oxygen atoms in total. The van der Waals surface area contributed by atoms with Crippen molar-refractivity contribution in [1.29, 1.82) is 0 Å². The van der Waals surface area contributed by atoms with Crippen LogP contribution < -0.4 is 5.56 Å². The highest BCUT2D eigenvalue weighted by atomic mass is 32.2. The molecule has 0 amide bonds. The zero-order valence-corrected chi connectivity index (χ0v) is 15.4. The Labute approximate surface area is 158 Å². The minimum absolute atomic E-state index is 0.0894. The predicted octanol–water partition coefficient (Wildman–Crippen LogP) is 2.24. The van der Waals surface area contributed by atoms with Crippen molar-refractivity contribution in [3.05, 3.63) is 58.3 Å². The summed E-state index contributed by atoms with van der Waals surface area (Å²) in [5, 5.41) is 0.761. The van der Waals surface area contributed by atoms with E-state index in [2.05, 4.69) is 14.5 Å². The molecule has 1 aromatic carbocycles. The predicted molar refractivity (Wildman–Crippen MR) is 97.6 cm³/mol. The Kier molecular flexibility index (Phi) is 5.60. The molecule has 2 aromatic heterocycles. The van der Waals surface area contributed by atoms with Gasteiger partial charge in [0.1, 0.15) is 12.3 Å². The molecular formula is C18H16N2O6S. The van der Waals surface area contributed by atoms with E-state index in [1.54, 1.807) is 30.3 Å². The number of para-hydroxylation sites is 1. The van der Waals surface area contributed by atoms with Crippen molar-refractivity contribution in [2.45, 2.75) is 17.5 Å². The fourth-order valence-electron chi connectivity index (χ4n) is 2.39. The van der Waals surface area contributed by atoms with Crippen LogP contribution in [-0.2, 0) is 26.6 Å². The largest absolute Gasteiger partial charge is 0.468 e. The number of esters is 2. The summed E-state index contributed by atoms with van der Waals surface area (Å²) in [5.74, 6) is -0.221. The van der Waals surface area contributed by atoms with Gasteiger partial charge >= 0.3 is 11.9 Å². The molecule has 140 valence electrons. The number of thioether (sulfide) groups is 1. The minimum atomic E-state index is -0.572. The Bertz CT molecular complexity index is 1060. The Morgan fingerprint density at radius 2 is 1.93 bits per heavy atom. The van der Waals surface area contributed by atoms with E-state index in [-0.39, 0.29) is 17.9 Å². The van der Waals surface area contributed by atoms with Crippen LogP contribution in [0.25, 0.3) is 10.9 Å². The number of benzene rings is 1. The molecule has 0 unspecified atom stereocenters. The third-order valence-electron chi connectivity index (χ3n) is 3.73. The van der Waals surface area contributed by atoms with Crippen molar-refractivity contribution in [2.75, 3.05) is 14.2 Å². The Balaban J connectivity index is 1.93. The molecule has 0 bridgehead atoms. The number of furan rings is 1. The molecule has 0 saturated carbocycles. The highest BCUT2D eigenvalue weighted by molar-refractivity contribution is 7.98. The number of methoxy groups -OCH3 is 2. The van der Waals surface area contributed by atoms with Gasteiger partial charge in [0.05, 0.1) is 30.9 Å². The molecule has 0 aliphatic heterocycles. The standard InChI is InChI=1S/C18H16N2O6S/c1-24-15(21)9-20-16(22)12-5-3-4-6-13(12)19-18(20)27-10-11-7-8-14(26-11)17(23)25-2/h3-8H,9-10H2,1-2H3. The quantitative estimate of drug-likeness (QED) is 0.360. The highest BCUT2D eigenvalue weighted by Crippen LogP contribution is 2.23. The van der Waals surface area contributed by atoms with E-state index in [4.69, 9.17) is 4.42 Å². The Morgan fingerprint density at radius 1 is 1.15 bits per heavy atom. The SMILES string of the molecule is COC(=O)Cn1c(SCc2ccc(C(=O)OC)o2)nc2ccccc2c1=O. The van der Waals surface area contributed by atoms with Crippen LogP contribution in [0.4, 0.5) is 0 Å². The molecule has 3 rings (SSSR count). The maximum atomic E-state index is 12.8. The summed E-state index contributed by atoms with van der Waals surface area (Å²) >= 11 is 1.21. The topological polar surface area (TPSA) is 101 Å². The zero-order valence-electron chi connectivity index (χ0n) is 14.6. The number of ether oxygens (including phenoxy) is 2. The molecule has 0 spiro atoms. The molecule has 0 radical (unpaired) electrons. The lowest BCUT2D eigenvalue weighted by Crippen LogP contribution is -2.27. The van der Waals surface area contributed by atoms with Gasteiger partial charge < -0.3 is 13.9 Å². The van der Waals surface area contributed by atoms with Crippen LogP contribution in [0.15, 0.2) is 50.8 Å². The van der Waals surface area contributed by atoms with E-state index >= 15 is 0 Å². The summed E-state index contributed by atoms with van der Waals surface area (Å²) in [4.78, 5) is 40.4. The molecule has 0 fully saturated rings. The summed E-state index contributed by atoms with van der Waals surface area (Å²) in [5.41, 5.74) is 0.198. The molecule has 0 aliphatic rings. The summed E-state index contributed by atoms with van der Waals surface area (Å²) in [6.45, 7) is -0.249. The van der Waals surface area contributed by atoms with Crippen molar-refractivity contribution in [2.24, 2.45) is 0 Å². The van der Waals surface area contributed by atoms with E-state index in [0.29, 0.717) is 27.6 Å². The molecule has 27 heavy (non-hydrogen) atoms. The van der Waals surface area contributed by atoms with Crippen LogP contribution >= 0.6 is 11.8 Å². The molecule has 0 N–H and O–H groups in total. The third-order valence-corrected chi connectivity index (χ3v) is 4.73. The van der Waals surface area contributed by atoms with Crippen molar-refractivity contribution in [3.63, 3.8) is 0 Å². The molecule has 0 saturated heterocycles. The first-order chi connectivity index (χ1) is 13.0. The van der Waals surface area contributed by atoms with Gasteiger partial charge in [0.25, 0.3) is 5.56 Å². The van der Waals surface area contributed by atoms with E-state index in [1.165, 1.54) is 36.6 Å². The van der Waals surface area contributed by atoms with Gasteiger partial charge in [-0.2, -0.15) is 0 Å². The first-order valence-corrected chi connectivity index (χ1v) is 8.88. The van der Waals surface area contributed by atoms with Crippen LogP contribution in [0.3, 0.4) is 0 Å². The van der Waals surface area contributed by atoms with Gasteiger partial charge in [-0.05, 0) is 24.3 Å². The lowest BCUT2D eigenvalue weighted by Gasteiger charge is -2.11. The van der Waals surface area contributed by atoms with E-state index < -0.39 is 11.9 Å². The second kappa shape index (κ2) is 8.09. The second-order valence-electron chi connectivity index (χ2n) is 5.43. The first kappa shape index (κ1) is 18.7. The summed E-state index contributed by atoms with van der Waals surface area (Å²) < 4.78 is 16.0. The van der Waals surface area contributed by atoms with Gasteiger partial charge in [-0.25, -0.2) is 9.78 Å². The minimum Gasteiger partial charge on any atom is -0.468 e. The zero-order chi connectivity index (χ0) is 19.4. The smallest absolute Gasteiger partial charge is 0.373 e. The lowest BCUT2D eigenvalue weighted by molar-refractivity contribution is -0.141. The van der Waals surface area contributed by atoms with Crippen LogP contribution in [0, 0.1) is 0 Å². The fourth-order valence-corrected chi connectivity index (χ4v) is 3.29. The molecule has 0 atom stereocenters. The van der Waals surface area contributed by atoms with Gasteiger partial charge in [0.2, 0.25) is 5.76 Å². The van der Waals surface area contributed by atoms with Crippen LogP contribution in [0.5, 0.6) is 0 Å². The van der Waals surface area contributed by atoms with E-state index in [0.717, 1.165) is 0 Å². The van der Waals surface area contributed by atoms with Crippen molar-refractivity contribution >= 4 is 34.6 Å². The lowest BCUT2D eigenvalue weighted by atomic mass is 10.2. The summed E-state index contributed by atoms with van der Waals surface area (Å²) in [6, 6.07) is 10.1. The number of fused-ring (bicyclic) bond motifs is 1. The summed E-state index contributed by atoms with van der Waals surface area (Å²) in [6.07, 6.45) is 0. The summed E-state index contributed by atoms with van der Waals surface area (Å²) in [7, 11) is 2.52. The van der Waals surface area contributed by atoms with Gasteiger partial charge in [-0.3, -0.25) is 14.2 Å². The van der Waals surface area contributed by atoms with E-state index in [1.807, 2.05) is 0 Å². The Morgan fingerprint density at radius 3 is 2.67 bits per heavy atom. The maximum absolute atomic E-state index is 12.8. The third kappa shape index (κ3) is 4.03. The first-order valence-electron chi connectivity index (χ1n) is 7.89. The van der Waals surface area contributed by atoms with Crippen molar-refractivity contribution in [3.8, 4) is 0 Å². The molecule has 3 aromatic rings. The number of carbonyl (C=O) groups excluding carboxylic acids is 2. The molecular weight excluding hydrogens is 372 g/mol. The van der Waals surface area contributed by atoms with Crippen molar-refractivity contribution < 1.29 is 23.5 Å². The average Bonchev–Trinajstić information content (AvgIpc) is 3.17.